The van der Waals surface area contributed by atoms with Crippen LogP contribution in [0.3, 0.4) is 0 Å². The van der Waals surface area contributed by atoms with Gasteiger partial charge in [-0.15, -0.1) is 0 Å². The summed E-state index contributed by atoms with van der Waals surface area (Å²) in [7, 11) is 0. The molecule has 0 radical (unpaired) electrons. The largest absolute Gasteiger partial charge is 0.342 e. The van der Waals surface area contributed by atoms with Crippen LogP contribution >= 0.6 is 0 Å². The highest BCUT2D eigenvalue weighted by molar-refractivity contribution is 5.97. The van der Waals surface area contributed by atoms with Gasteiger partial charge in [0, 0.05) is 5.56 Å². The van der Waals surface area contributed by atoms with Crippen LogP contribution in [0.15, 0.2) is 18.2 Å². The molecule has 3 heteroatoms. The number of imidazole rings is 1. The van der Waals surface area contributed by atoms with Gasteiger partial charge in [-0.2, -0.15) is 0 Å². The van der Waals surface area contributed by atoms with Crippen molar-refractivity contribution in [3.05, 3.63) is 29.6 Å². The number of nitrogens with zero attached hydrogens (tertiary/aromatic N) is 1. The quantitative estimate of drug-likeness (QED) is 0.673. The highest BCUT2D eigenvalue weighted by Gasteiger charge is 2.02. The summed E-state index contributed by atoms with van der Waals surface area (Å²) in [5.74, 6) is 0.949. The minimum Gasteiger partial charge on any atom is -0.342 e. The first kappa shape index (κ1) is 7.98. The van der Waals surface area contributed by atoms with Crippen molar-refractivity contribution in [3.8, 4) is 0 Å². The Morgan fingerprint density at radius 1 is 1.46 bits per heavy atom. The van der Waals surface area contributed by atoms with Crippen LogP contribution in [0.2, 0.25) is 0 Å². The standard InChI is InChI=1S/C10H10N2O/c1-6(13)8-3-4-9-10(5-8)12-7(2)11-9/h3-5H,1-2H3,(H,11,12). The SMILES string of the molecule is CC(=O)c1ccc2nc(C)[nH]c2c1. The second-order valence-corrected chi connectivity index (χ2v) is 3.11. The number of aryl methyl sites for hydroxylation is 1. The van der Waals surface area contributed by atoms with Crippen molar-refractivity contribution < 1.29 is 4.79 Å². The first-order valence-corrected chi connectivity index (χ1v) is 4.14. The maximum Gasteiger partial charge on any atom is 0.159 e. The van der Waals surface area contributed by atoms with Crippen LogP contribution in [0.5, 0.6) is 0 Å². The van der Waals surface area contributed by atoms with Crippen molar-refractivity contribution in [1.29, 1.82) is 0 Å². The molecule has 1 N–H and O–H groups in total. The number of hydrogen-bond donors (Lipinski definition) is 1. The molecule has 66 valence electrons. The maximum absolute atomic E-state index is 11.1. The number of ketones is 1. The molecular weight excluding hydrogens is 164 g/mol. The maximum atomic E-state index is 11.1. The zero-order valence-corrected chi connectivity index (χ0v) is 7.59. The van der Waals surface area contributed by atoms with Crippen LogP contribution in [0, 0.1) is 6.92 Å². The molecule has 1 heterocycles. The van der Waals surface area contributed by atoms with Crippen LogP contribution in [0.4, 0.5) is 0 Å². The number of aromatic amines is 1. The molecule has 2 rings (SSSR count). The Hall–Kier alpha value is -1.64. The van der Waals surface area contributed by atoms with Crippen molar-refractivity contribution in [2.75, 3.05) is 0 Å². The Kier molecular flexibility index (Phi) is 1.65. The molecule has 2 aromatic rings. The lowest BCUT2D eigenvalue weighted by Gasteiger charge is -1.93. The van der Waals surface area contributed by atoms with Crippen LogP contribution in [-0.2, 0) is 0 Å². The van der Waals surface area contributed by atoms with Crippen molar-refractivity contribution in [1.82, 2.24) is 9.97 Å². The Balaban J connectivity index is 2.67. The molecule has 0 aliphatic heterocycles. The fraction of sp³-hybridized carbons (Fsp3) is 0.200. The van der Waals surface area contributed by atoms with E-state index in [1.807, 2.05) is 19.1 Å². The Morgan fingerprint density at radius 3 is 2.92 bits per heavy atom. The summed E-state index contributed by atoms with van der Waals surface area (Å²) in [4.78, 5) is 18.4. The zero-order valence-electron chi connectivity index (χ0n) is 7.59. The van der Waals surface area contributed by atoms with Crippen LogP contribution in [-0.4, -0.2) is 15.8 Å². The fourth-order valence-electron chi connectivity index (χ4n) is 1.36. The van der Waals surface area contributed by atoms with E-state index in [1.54, 1.807) is 13.0 Å². The first-order valence-electron chi connectivity index (χ1n) is 4.14. The Bertz CT molecular complexity index is 471. The number of H-pyrrole nitrogens is 1. The molecule has 0 atom stereocenters. The lowest BCUT2D eigenvalue weighted by atomic mass is 10.1. The van der Waals surface area contributed by atoms with Crippen LogP contribution in [0.25, 0.3) is 11.0 Å². The van der Waals surface area contributed by atoms with Gasteiger partial charge >= 0.3 is 0 Å². The Labute approximate surface area is 75.8 Å². The third-order valence-corrected chi connectivity index (χ3v) is 2.01. The second-order valence-electron chi connectivity index (χ2n) is 3.11. The van der Waals surface area contributed by atoms with Gasteiger partial charge in [-0.1, -0.05) is 0 Å². The summed E-state index contributed by atoms with van der Waals surface area (Å²) in [5.41, 5.74) is 2.55. The first-order chi connectivity index (χ1) is 6.16. The van der Waals surface area contributed by atoms with E-state index in [4.69, 9.17) is 0 Å². The summed E-state index contributed by atoms with van der Waals surface area (Å²) >= 11 is 0. The predicted octanol–water partition coefficient (Wildman–Crippen LogP) is 2.07. The number of carbonyl (C=O) groups excluding carboxylic acids is 1. The molecule has 0 aliphatic rings. The fourth-order valence-corrected chi connectivity index (χ4v) is 1.36. The molecule has 3 nitrogen and oxygen atoms in total. The normalized spacial score (nSPS) is 10.6. The summed E-state index contributed by atoms with van der Waals surface area (Å²) in [6.07, 6.45) is 0. The monoisotopic (exact) mass is 174 g/mol. The summed E-state index contributed by atoms with van der Waals surface area (Å²) < 4.78 is 0. The third-order valence-electron chi connectivity index (χ3n) is 2.01. The number of Topliss-reactive ketones (excluding diaryl/α,β-unsaturated/α-hetero) is 1. The second kappa shape index (κ2) is 2.69. The van der Waals surface area contributed by atoms with E-state index in [1.165, 1.54) is 0 Å². The molecule has 0 saturated heterocycles. The molecule has 0 unspecified atom stereocenters. The van der Waals surface area contributed by atoms with Crippen LogP contribution in [0.1, 0.15) is 23.1 Å². The number of rotatable bonds is 1. The van der Waals surface area contributed by atoms with Crippen molar-refractivity contribution >= 4 is 16.8 Å². The number of fused-ring (bicyclic) bond motifs is 1. The van der Waals surface area contributed by atoms with Gasteiger partial charge in [-0.05, 0) is 32.0 Å². The number of nitrogens with one attached hydrogen (secondary N) is 1. The molecule has 0 spiro atoms. The molecule has 13 heavy (non-hydrogen) atoms. The summed E-state index contributed by atoms with van der Waals surface area (Å²) in [6.45, 7) is 3.46. The number of carbonyl (C=O) groups is 1. The van der Waals surface area contributed by atoms with E-state index in [0.717, 1.165) is 22.4 Å². The summed E-state index contributed by atoms with van der Waals surface area (Å²) in [6, 6.07) is 5.48. The summed E-state index contributed by atoms with van der Waals surface area (Å²) in [5, 5.41) is 0. The number of hydrogen-bond acceptors (Lipinski definition) is 2. The van der Waals surface area contributed by atoms with Crippen molar-refractivity contribution in [3.63, 3.8) is 0 Å². The lowest BCUT2D eigenvalue weighted by molar-refractivity contribution is 0.101. The molecule has 0 saturated carbocycles. The Morgan fingerprint density at radius 2 is 2.23 bits per heavy atom. The highest BCUT2D eigenvalue weighted by atomic mass is 16.1. The number of aromatic nitrogens is 2. The van der Waals surface area contributed by atoms with Gasteiger partial charge in [-0.3, -0.25) is 4.79 Å². The van der Waals surface area contributed by atoms with Gasteiger partial charge in [0.15, 0.2) is 5.78 Å². The molecule has 0 amide bonds. The molecule has 0 aliphatic carbocycles. The van der Waals surface area contributed by atoms with Gasteiger partial charge in [0.25, 0.3) is 0 Å². The topological polar surface area (TPSA) is 45.8 Å². The molecular formula is C10H10N2O. The zero-order chi connectivity index (χ0) is 9.42. The van der Waals surface area contributed by atoms with Crippen molar-refractivity contribution in [2.45, 2.75) is 13.8 Å². The number of benzene rings is 1. The van der Waals surface area contributed by atoms with E-state index < -0.39 is 0 Å². The minimum atomic E-state index is 0.0779. The average molecular weight is 174 g/mol. The minimum absolute atomic E-state index is 0.0779. The van der Waals surface area contributed by atoms with E-state index in [2.05, 4.69) is 9.97 Å². The van der Waals surface area contributed by atoms with E-state index >= 15 is 0 Å². The lowest BCUT2D eigenvalue weighted by Crippen LogP contribution is -1.90. The average Bonchev–Trinajstić information content (AvgIpc) is 2.42. The van der Waals surface area contributed by atoms with Gasteiger partial charge in [0.05, 0.1) is 11.0 Å². The highest BCUT2D eigenvalue weighted by Crippen LogP contribution is 2.13. The smallest absolute Gasteiger partial charge is 0.159 e. The molecule has 0 fully saturated rings. The van der Waals surface area contributed by atoms with Gasteiger partial charge < -0.3 is 4.98 Å². The van der Waals surface area contributed by atoms with E-state index in [0.29, 0.717) is 0 Å². The van der Waals surface area contributed by atoms with E-state index in [-0.39, 0.29) is 5.78 Å². The van der Waals surface area contributed by atoms with E-state index in [9.17, 15) is 4.79 Å². The molecule has 1 aromatic heterocycles. The van der Waals surface area contributed by atoms with Gasteiger partial charge in [-0.25, -0.2) is 4.98 Å². The predicted molar refractivity (Wildman–Crippen MR) is 50.8 cm³/mol. The van der Waals surface area contributed by atoms with Gasteiger partial charge in [0.1, 0.15) is 5.82 Å². The third kappa shape index (κ3) is 1.33. The molecule has 1 aromatic carbocycles. The van der Waals surface area contributed by atoms with Crippen molar-refractivity contribution in [2.24, 2.45) is 0 Å². The van der Waals surface area contributed by atoms with Gasteiger partial charge in [0.2, 0.25) is 0 Å². The van der Waals surface area contributed by atoms with Crippen LogP contribution < -0.4 is 0 Å². The molecule has 0 bridgehead atoms.